The van der Waals surface area contributed by atoms with E-state index in [9.17, 15) is 19.5 Å². The number of benzene rings is 1. The lowest BCUT2D eigenvalue weighted by molar-refractivity contribution is -0.121. The number of thioether (sulfide) groups is 1. The SMILES string of the molecule is CCCc1c(O)nc(S[C@H]2CC(=O)N(c3ccc(C)c(Cl)c3)C2=O)[nH]c1=O. The molecule has 0 saturated carbocycles. The molecule has 2 aromatic rings. The second-order valence-electron chi connectivity index (χ2n) is 6.23. The molecule has 1 aliphatic heterocycles. The largest absolute Gasteiger partial charge is 0.493 e. The van der Waals surface area contributed by atoms with Gasteiger partial charge >= 0.3 is 0 Å². The van der Waals surface area contributed by atoms with Crippen molar-refractivity contribution >= 4 is 40.9 Å². The van der Waals surface area contributed by atoms with E-state index in [0.29, 0.717) is 23.6 Å². The van der Waals surface area contributed by atoms with Crippen molar-refractivity contribution in [2.45, 2.75) is 43.5 Å². The maximum Gasteiger partial charge on any atom is 0.258 e. The van der Waals surface area contributed by atoms with Crippen molar-refractivity contribution in [1.29, 1.82) is 0 Å². The van der Waals surface area contributed by atoms with Gasteiger partial charge in [0.2, 0.25) is 17.7 Å². The standard InChI is InChI=1S/C18H18ClN3O4S/c1-3-4-11-15(24)20-18(21-16(11)25)27-13-8-14(23)22(17(13)26)10-6-5-9(2)12(19)7-10/h5-7,13H,3-4,8H2,1-2H3,(H2,20,21,24,25)/t13-/m0/s1. The molecule has 1 aromatic carbocycles. The third-order valence-electron chi connectivity index (χ3n) is 4.24. The maximum absolute atomic E-state index is 12.7. The summed E-state index contributed by atoms with van der Waals surface area (Å²) in [6, 6.07) is 4.98. The molecular weight excluding hydrogens is 390 g/mol. The van der Waals surface area contributed by atoms with Gasteiger partial charge in [0.1, 0.15) is 5.25 Å². The zero-order valence-corrected chi connectivity index (χ0v) is 16.4. The normalized spacial score (nSPS) is 17.0. The van der Waals surface area contributed by atoms with Crippen molar-refractivity contribution in [3.63, 3.8) is 0 Å². The number of imide groups is 1. The molecule has 0 spiro atoms. The van der Waals surface area contributed by atoms with Gasteiger partial charge in [0.05, 0.1) is 11.3 Å². The van der Waals surface area contributed by atoms with Crippen LogP contribution in [-0.2, 0) is 16.0 Å². The van der Waals surface area contributed by atoms with E-state index >= 15 is 0 Å². The van der Waals surface area contributed by atoms with E-state index in [4.69, 9.17) is 11.6 Å². The number of aromatic amines is 1. The Bertz CT molecular complexity index is 976. The van der Waals surface area contributed by atoms with Crippen molar-refractivity contribution < 1.29 is 14.7 Å². The molecule has 1 saturated heterocycles. The first-order chi connectivity index (χ1) is 12.8. The Morgan fingerprint density at radius 1 is 1.37 bits per heavy atom. The van der Waals surface area contributed by atoms with E-state index in [0.717, 1.165) is 22.2 Å². The third-order valence-corrected chi connectivity index (χ3v) is 5.72. The molecule has 1 aromatic heterocycles. The molecule has 2 heterocycles. The van der Waals surface area contributed by atoms with Crippen molar-refractivity contribution in [3.8, 4) is 5.88 Å². The number of anilines is 1. The lowest BCUT2D eigenvalue weighted by Crippen LogP contribution is -2.31. The Hall–Kier alpha value is -2.32. The summed E-state index contributed by atoms with van der Waals surface area (Å²) in [4.78, 5) is 44.8. The molecule has 142 valence electrons. The van der Waals surface area contributed by atoms with E-state index in [-0.39, 0.29) is 28.9 Å². The first kappa shape index (κ1) is 19.4. The number of carbonyl (C=O) groups is 2. The van der Waals surface area contributed by atoms with Crippen molar-refractivity contribution in [3.05, 3.63) is 44.7 Å². The molecule has 1 aliphatic rings. The summed E-state index contributed by atoms with van der Waals surface area (Å²) in [5.74, 6) is -1.11. The molecule has 2 N–H and O–H groups in total. The smallest absolute Gasteiger partial charge is 0.258 e. The summed E-state index contributed by atoms with van der Waals surface area (Å²) in [6.07, 6.45) is 1.06. The number of nitrogens with one attached hydrogen (secondary N) is 1. The quantitative estimate of drug-likeness (QED) is 0.583. The van der Waals surface area contributed by atoms with Crippen LogP contribution in [0, 0.1) is 6.92 Å². The monoisotopic (exact) mass is 407 g/mol. The third kappa shape index (κ3) is 3.86. The number of halogens is 1. The van der Waals surface area contributed by atoms with Crippen molar-refractivity contribution in [2.75, 3.05) is 4.90 Å². The van der Waals surface area contributed by atoms with E-state index in [1.54, 1.807) is 18.2 Å². The summed E-state index contributed by atoms with van der Waals surface area (Å²) >= 11 is 7.05. The topological polar surface area (TPSA) is 103 Å². The fraction of sp³-hybridized carbons (Fsp3) is 0.333. The Labute approximate surface area is 164 Å². The molecule has 0 unspecified atom stereocenters. The first-order valence-corrected chi connectivity index (χ1v) is 9.69. The molecule has 0 radical (unpaired) electrons. The molecule has 3 rings (SSSR count). The predicted molar refractivity (Wildman–Crippen MR) is 103 cm³/mol. The number of H-pyrrole nitrogens is 1. The number of aromatic nitrogens is 2. The van der Waals surface area contributed by atoms with Gasteiger partial charge in [-0.3, -0.25) is 14.4 Å². The van der Waals surface area contributed by atoms with E-state index in [2.05, 4.69) is 9.97 Å². The Kier molecular flexibility index (Phi) is 5.57. The van der Waals surface area contributed by atoms with Gasteiger partial charge in [-0.15, -0.1) is 0 Å². The van der Waals surface area contributed by atoms with Crippen LogP contribution in [0.2, 0.25) is 5.02 Å². The highest BCUT2D eigenvalue weighted by Crippen LogP contribution is 2.34. The van der Waals surface area contributed by atoms with Crippen LogP contribution in [0.4, 0.5) is 5.69 Å². The van der Waals surface area contributed by atoms with E-state index in [1.807, 2.05) is 13.8 Å². The number of aromatic hydroxyl groups is 1. The van der Waals surface area contributed by atoms with Gasteiger partial charge in [-0.2, -0.15) is 4.98 Å². The Morgan fingerprint density at radius 2 is 2.11 bits per heavy atom. The molecule has 2 amide bonds. The number of hydrogen-bond donors (Lipinski definition) is 2. The average molecular weight is 408 g/mol. The molecule has 1 fully saturated rings. The van der Waals surface area contributed by atoms with Crippen molar-refractivity contribution in [1.82, 2.24) is 9.97 Å². The van der Waals surface area contributed by atoms with Crippen LogP contribution in [0.25, 0.3) is 0 Å². The van der Waals surface area contributed by atoms with Crippen LogP contribution >= 0.6 is 23.4 Å². The fourth-order valence-electron chi connectivity index (χ4n) is 2.82. The van der Waals surface area contributed by atoms with Crippen LogP contribution in [-0.4, -0.2) is 32.1 Å². The van der Waals surface area contributed by atoms with Crippen LogP contribution in [0.3, 0.4) is 0 Å². The van der Waals surface area contributed by atoms with Gasteiger partial charge in [-0.05, 0) is 31.0 Å². The highest BCUT2D eigenvalue weighted by molar-refractivity contribution is 8.00. The van der Waals surface area contributed by atoms with Gasteiger partial charge < -0.3 is 10.1 Å². The molecule has 1 atom stereocenters. The Balaban J connectivity index is 1.83. The number of aryl methyl sites for hydroxylation is 1. The molecule has 9 heteroatoms. The minimum atomic E-state index is -0.739. The minimum absolute atomic E-state index is 0.0316. The van der Waals surface area contributed by atoms with Crippen LogP contribution in [0.1, 0.15) is 30.9 Å². The number of carbonyl (C=O) groups excluding carboxylic acids is 2. The van der Waals surface area contributed by atoms with Gasteiger partial charge in [0.25, 0.3) is 5.56 Å². The molecule has 27 heavy (non-hydrogen) atoms. The molecule has 7 nitrogen and oxygen atoms in total. The number of rotatable bonds is 5. The highest BCUT2D eigenvalue weighted by atomic mass is 35.5. The average Bonchev–Trinajstić information content (AvgIpc) is 2.87. The molecular formula is C18H18ClN3O4S. The summed E-state index contributed by atoms with van der Waals surface area (Å²) < 4.78 is 0. The van der Waals surface area contributed by atoms with Gasteiger partial charge in [-0.1, -0.05) is 42.8 Å². The van der Waals surface area contributed by atoms with E-state index in [1.165, 1.54) is 0 Å². The highest BCUT2D eigenvalue weighted by Gasteiger charge is 2.40. The second-order valence-corrected chi connectivity index (χ2v) is 7.83. The minimum Gasteiger partial charge on any atom is -0.493 e. The van der Waals surface area contributed by atoms with Gasteiger partial charge in [-0.25, -0.2) is 4.90 Å². The summed E-state index contributed by atoms with van der Waals surface area (Å²) in [6.45, 7) is 3.71. The van der Waals surface area contributed by atoms with Gasteiger partial charge in [0.15, 0.2) is 5.16 Å². The Morgan fingerprint density at radius 3 is 2.74 bits per heavy atom. The zero-order valence-electron chi connectivity index (χ0n) is 14.8. The lowest BCUT2D eigenvalue weighted by atomic mass is 10.2. The fourth-order valence-corrected chi connectivity index (χ4v) is 3.99. The molecule has 0 aliphatic carbocycles. The summed E-state index contributed by atoms with van der Waals surface area (Å²) in [7, 11) is 0. The molecule has 0 bridgehead atoms. The summed E-state index contributed by atoms with van der Waals surface area (Å²) in [5, 5.41) is 9.79. The van der Waals surface area contributed by atoms with E-state index < -0.39 is 16.7 Å². The number of amides is 2. The van der Waals surface area contributed by atoms with Gasteiger partial charge in [0, 0.05) is 11.4 Å². The van der Waals surface area contributed by atoms with Crippen LogP contribution in [0.5, 0.6) is 5.88 Å². The predicted octanol–water partition coefficient (Wildman–Crippen LogP) is 2.81. The van der Waals surface area contributed by atoms with Crippen LogP contribution in [0.15, 0.2) is 28.2 Å². The first-order valence-electron chi connectivity index (χ1n) is 8.43. The zero-order chi connectivity index (χ0) is 19.7. The second kappa shape index (κ2) is 7.74. The van der Waals surface area contributed by atoms with Crippen LogP contribution < -0.4 is 10.5 Å². The number of hydrogen-bond acceptors (Lipinski definition) is 6. The van der Waals surface area contributed by atoms with Crippen molar-refractivity contribution in [2.24, 2.45) is 0 Å². The lowest BCUT2D eigenvalue weighted by Gasteiger charge is -2.15. The maximum atomic E-state index is 12.7. The summed E-state index contributed by atoms with van der Waals surface area (Å²) in [5.41, 5.74) is 1.03. The number of nitrogens with zero attached hydrogens (tertiary/aromatic N) is 2.